The number of carbonyl (C=O) groups is 5. The van der Waals surface area contributed by atoms with E-state index in [0.29, 0.717) is 0 Å². The number of carbonyl (C=O) groups excluding carboxylic acids is 5. The summed E-state index contributed by atoms with van der Waals surface area (Å²) in [5, 5.41) is 0. The first kappa shape index (κ1) is 29.2. The number of hydrogen-bond acceptors (Lipinski definition) is 12. The van der Waals surface area contributed by atoms with Crippen molar-refractivity contribution in [2.75, 3.05) is 6.61 Å². The molecule has 1 aliphatic rings. The maximum Gasteiger partial charge on any atom is 0.303 e. The first-order valence-electron chi connectivity index (χ1n) is 10.5. The molecule has 0 spiro atoms. The molecule has 6 atom stereocenters. The van der Waals surface area contributed by atoms with Crippen molar-refractivity contribution >= 4 is 29.7 Å². The highest BCUT2D eigenvalue weighted by Gasteiger charge is 2.53. The zero-order valence-electron chi connectivity index (χ0n) is 20.4. The zero-order chi connectivity index (χ0) is 26.2. The molecule has 1 fully saturated rings. The van der Waals surface area contributed by atoms with Gasteiger partial charge in [0, 0.05) is 33.3 Å². The summed E-state index contributed by atoms with van der Waals surface area (Å²) in [5.74, 6) is -3.41. The molecule has 0 bridgehead atoms. The molecule has 12 nitrogen and oxygen atoms in total. The Labute approximate surface area is 197 Å². The van der Waals surface area contributed by atoms with Gasteiger partial charge < -0.3 is 33.2 Å². The third kappa shape index (κ3) is 9.20. The standard InChI is InChI=1S/C22H32O12/c1-10(2)29-21(11(3)12(4)23)34-22-20(32-16(8)27)19(31-15(7)26)18(30-14(6)25)17(33-22)9-28-13(5)24/h10,17-22H,3,9H2,1-2,4-8H3/t17-,18-,19+,20-,21+,22+/m1/s1. The van der Waals surface area contributed by atoms with Gasteiger partial charge in [-0.2, -0.15) is 0 Å². The highest BCUT2D eigenvalue weighted by atomic mass is 16.8. The van der Waals surface area contributed by atoms with E-state index in [2.05, 4.69) is 6.58 Å². The van der Waals surface area contributed by atoms with E-state index in [1.807, 2.05) is 0 Å². The number of ether oxygens (including phenoxy) is 7. The highest BCUT2D eigenvalue weighted by Crippen LogP contribution is 2.31. The van der Waals surface area contributed by atoms with Gasteiger partial charge in [-0.3, -0.25) is 24.0 Å². The van der Waals surface area contributed by atoms with Crippen LogP contribution >= 0.6 is 0 Å². The average Bonchev–Trinajstić information content (AvgIpc) is 2.68. The zero-order valence-corrected chi connectivity index (χ0v) is 20.4. The van der Waals surface area contributed by atoms with Gasteiger partial charge in [-0.25, -0.2) is 0 Å². The Morgan fingerprint density at radius 1 is 0.794 bits per heavy atom. The Morgan fingerprint density at radius 3 is 1.74 bits per heavy atom. The lowest BCUT2D eigenvalue weighted by Crippen LogP contribution is -2.63. The van der Waals surface area contributed by atoms with Gasteiger partial charge >= 0.3 is 23.9 Å². The minimum atomic E-state index is -1.50. The van der Waals surface area contributed by atoms with Gasteiger partial charge in [0.15, 0.2) is 30.4 Å². The molecule has 1 saturated heterocycles. The van der Waals surface area contributed by atoms with Gasteiger partial charge in [0.05, 0.1) is 6.10 Å². The van der Waals surface area contributed by atoms with E-state index >= 15 is 0 Å². The lowest BCUT2D eigenvalue weighted by Gasteiger charge is -2.44. The third-order valence-corrected chi connectivity index (χ3v) is 4.34. The molecule has 0 radical (unpaired) electrons. The SMILES string of the molecule is C=C(C(C)=O)[C@@H](OC(C)C)O[C@@H]1O[C@H](COC(C)=O)[C@@H](OC(C)=O)[C@H](OC(C)=O)[C@H]1OC(C)=O. The average molecular weight is 488 g/mol. The summed E-state index contributed by atoms with van der Waals surface area (Å²) < 4.78 is 38.2. The van der Waals surface area contributed by atoms with Crippen molar-refractivity contribution in [2.24, 2.45) is 0 Å². The lowest BCUT2D eigenvalue weighted by molar-refractivity contribution is -0.336. The summed E-state index contributed by atoms with van der Waals surface area (Å²) in [7, 11) is 0. The van der Waals surface area contributed by atoms with E-state index in [9.17, 15) is 24.0 Å². The number of rotatable bonds is 11. The molecule has 0 aliphatic carbocycles. The fourth-order valence-electron chi connectivity index (χ4n) is 3.03. The van der Waals surface area contributed by atoms with Crippen LogP contribution in [-0.4, -0.2) is 79.4 Å². The normalized spacial score (nSPS) is 25.1. The van der Waals surface area contributed by atoms with Crippen LogP contribution in [-0.2, 0) is 57.1 Å². The Morgan fingerprint density at radius 2 is 1.29 bits per heavy atom. The Hall–Kier alpha value is -2.83. The quantitative estimate of drug-likeness (QED) is 0.176. The van der Waals surface area contributed by atoms with Crippen LogP contribution in [0, 0.1) is 0 Å². The van der Waals surface area contributed by atoms with Crippen LogP contribution in [0.4, 0.5) is 0 Å². The van der Waals surface area contributed by atoms with Crippen molar-refractivity contribution in [3.05, 3.63) is 12.2 Å². The first-order chi connectivity index (χ1) is 15.7. The summed E-state index contributed by atoms with van der Waals surface area (Å²) in [5.41, 5.74) is -0.0541. The molecule has 1 heterocycles. The van der Waals surface area contributed by atoms with E-state index in [4.69, 9.17) is 33.2 Å². The molecule has 0 unspecified atom stereocenters. The second-order valence-corrected chi connectivity index (χ2v) is 7.80. The molecular formula is C22H32O12. The molecule has 0 aromatic rings. The largest absolute Gasteiger partial charge is 0.463 e. The van der Waals surface area contributed by atoms with E-state index in [1.54, 1.807) is 13.8 Å². The van der Waals surface area contributed by atoms with E-state index in [-0.39, 0.29) is 5.57 Å². The first-order valence-corrected chi connectivity index (χ1v) is 10.5. The molecule has 1 rings (SSSR count). The topological polar surface area (TPSA) is 150 Å². The number of Topliss-reactive ketones (excluding diaryl/α,β-unsaturated/α-hetero) is 1. The van der Waals surface area contributed by atoms with Gasteiger partial charge in [0.1, 0.15) is 12.7 Å². The van der Waals surface area contributed by atoms with Crippen molar-refractivity contribution in [1.29, 1.82) is 0 Å². The molecule has 0 saturated carbocycles. The molecule has 192 valence electrons. The fraction of sp³-hybridized carbons (Fsp3) is 0.682. The molecule has 0 N–H and O–H groups in total. The number of hydrogen-bond donors (Lipinski definition) is 0. The smallest absolute Gasteiger partial charge is 0.303 e. The molecule has 0 aromatic carbocycles. The number of ketones is 1. The molecular weight excluding hydrogens is 456 g/mol. The molecule has 34 heavy (non-hydrogen) atoms. The maximum absolute atomic E-state index is 11.9. The lowest BCUT2D eigenvalue weighted by atomic mass is 9.98. The Balaban J connectivity index is 3.48. The van der Waals surface area contributed by atoms with Crippen LogP contribution in [0.3, 0.4) is 0 Å². The van der Waals surface area contributed by atoms with Gasteiger partial charge in [0.25, 0.3) is 0 Å². The summed E-state index contributed by atoms with van der Waals surface area (Å²) in [4.78, 5) is 58.8. The summed E-state index contributed by atoms with van der Waals surface area (Å²) in [6, 6.07) is 0. The van der Waals surface area contributed by atoms with Gasteiger partial charge in [-0.15, -0.1) is 0 Å². The van der Waals surface area contributed by atoms with Crippen molar-refractivity contribution < 1.29 is 57.1 Å². The summed E-state index contributed by atoms with van der Waals surface area (Å²) in [6.45, 7) is 12.4. The van der Waals surface area contributed by atoms with Crippen LogP contribution in [0.2, 0.25) is 0 Å². The third-order valence-electron chi connectivity index (χ3n) is 4.34. The summed E-state index contributed by atoms with van der Waals surface area (Å²) >= 11 is 0. The second kappa shape index (κ2) is 13.2. The van der Waals surface area contributed by atoms with Crippen LogP contribution in [0.15, 0.2) is 12.2 Å². The molecule has 0 amide bonds. The monoisotopic (exact) mass is 488 g/mol. The maximum atomic E-state index is 11.9. The fourth-order valence-corrected chi connectivity index (χ4v) is 3.03. The van der Waals surface area contributed by atoms with E-state index in [1.165, 1.54) is 6.92 Å². The molecule has 1 aliphatic heterocycles. The van der Waals surface area contributed by atoms with Gasteiger partial charge in [0.2, 0.25) is 6.29 Å². The van der Waals surface area contributed by atoms with E-state index in [0.717, 1.165) is 27.7 Å². The Bertz CT molecular complexity index is 789. The van der Waals surface area contributed by atoms with Crippen molar-refractivity contribution in [1.82, 2.24) is 0 Å². The minimum absolute atomic E-state index is 0.0541. The molecule has 0 aromatic heterocycles. The predicted octanol–water partition coefficient (Wildman–Crippen LogP) is 0.982. The van der Waals surface area contributed by atoms with Crippen molar-refractivity contribution in [3.63, 3.8) is 0 Å². The van der Waals surface area contributed by atoms with Crippen molar-refractivity contribution in [3.8, 4) is 0 Å². The highest BCUT2D eigenvalue weighted by molar-refractivity contribution is 5.93. The van der Waals surface area contributed by atoms with Crippen LogP contribution in [0.5, 0.6) is 0 Å². The van der Waals surface area contributed by atoms with Crippen LogP contribution in [0.1, 0.15) is 48.5 Å². The second-order valence-electron chi connectivity index (χ2n) is 7.80. The van der Waals surface area contributed by atoms with Gasteiger partial charge in [-0.1, -0.05) is 6.58 Å². The van der Waals surface area contributed by atoms with Gasteiger partial charge in [-0.05, 0) is 20.8 Å². The van der Waals surface area contributed by atoms with Crippen LogP contribution in [0.25, 0.3) is 0 Å². The van der Waals surface area contributed by atoms with Crippen molar-refractivity contribution in [2.45, 2.75) is 91.6 Å². The predicted molar refractivity (Wildman–Crippen MR) is 113 cm³/mol. The summed E-state index contributed by atoms with van der Waals surface area (Å²) in [6.07, 6.45) is -8.61. The Kier molecular flexibility index (Phi) is 11.3. The minimum Gasteiger partial charge on any atom is -0.463 e. The van der Waals surface area contributed by atoms with Crippen LogP contribution < -0.4 is 0 Å². The number of esters is 4. The molecule has 12 heteroatoms. The van der Waals surface area contributed by atoms with E-state index < -0.39 is 79.4 Å².